The fraction of sp³-hybridized carbons (Fsp3) is 0.143. The number of hydrogen-bond acceptors (Lipinski definition) is 2. The molecule has 0 amide bonds. The third kappa shape index (κ3) is 2.54. The molecule has 2 heteroatoms. The van der Waals surface area contributed by atoms with Crippen LogP contribution >= 0.6 is 0 Å². The molecule has 1 aromatic heterocycles. The number of aliphatic imine (C=N–C) groups is 1. The van der Waals surface area contributed by atoms with Gasteiger partial charge in [-0.1, -0.05) is 18.2 Å². The van der Waals surface area contributed by atoms with E-state index in [0.717, 1.165) is 17.1 Å². The molecule has 2 rings (SSSR count). The quantitative estimate of drug-likeness (QED) is 0.696. The fourth-order valence-electron chi connectivity index (χ4n) is 1.53. The summed E-state index contributed by atoms with van der Waals surface area (Å²) in [4.78, 5) is 8.81. The molecule has 80 valence electrons. The SMILES string of the molecule is CC(=Nc1cccc(C)c1)c1ccccn1. The largest absolute Gasteiger partial charge is 0.255 e. The van der Waals surface area contributed by atoms with E-state index in [2.05, 4.69) is 29.0 Å². The zero-order valence-electron chi connectivity index (χ0n) is 9.51. The van der Waals surface area contributed by atoms with Crippen LogP contribution in [0.3, 0.4) is 0 Å². The van der Waals surface area contributed by atoms with Gasteiger partial charge in [0, 0.05) is 6.20 Å². The number of hydrogen-bond donors (Lipinski definition) is 0. The van der Waals surface area contributed by atoms with Gasteiger partial charge in [0.05, 0.1) is 17.1 Å². The lowest BCUT2D eigenvalue weighted by Gasteiger charge is -2.00. The monoisotopic (exact) mass is 210 g/mol. The van der Waals surface area contributed by atoms with E-state index in [1.165, 1.54) is 5.56 Å². The minimum Gasteiger partial charge on any atom is -0.255 e. The Hall–Kier alpha value is -1.96. The van der Waals surface area contributed by atoms with Crippen LogP contribution in [0.1, 0.15) is 18.2 Å². The number of nitrogens with zero attached hydrogens (tertiary/aromatic N) is 2. The van der Waals surface area contributed by atoms with Gasteiger partial charge in [-0.2, -0.15) is 0 Å². The Bertz CT molecular complexity index is 501. The molecule has 0 N–H and O–H groups in total. The summed E-state index contributed by atoms with van der Waals surface area (Å²) >= 11 is 0. The van der Waals surface area contributed by atoms with Crippen molar-refractivity contribution in [1.82, 2.24) is 4.98 Å². The summed E-state index contributed by atoms with van der Waals surface area (Å²) < 4.78 is 0. The Morgan fingerprint density at radius 1 is 1.12 bits per heavy atom. The lowest BCUT2D eigenvalue weighted by atomic mass is 10.2. The van der Waals surface area contributed by atoms with E-state index in [1.54, 1.807) is 6.20 Å². The molecule has 0 radical (unpaired) electrons. The Kier molecular flexibility index (Phi) is 3.10. The van der Waals surface area contributed by atoms with Gasteiger partial charge >= 0.3 is 0 Å². The van der Waals surface area contributed by atoms with Crippen LogP contribution < -0.4 is 0 Å². The summed E-state index contributed by atoms with van der Waals surface area (Å²) in [5.74, 6) is 0. The lowest BCUT2D eigenvalue weighted by Crippen LogP contribution is -1.96. The van der Waals surface area contributed by atoms with Crippen LogP contribution in [0.5, 0.6) is 0 Å². The number of rotatable bonds is 2. The van der Waals surface area contributed by atoms with Crippen LogP contribution in [0, 0.1) is 6.92 Å². The van der Waals surface area contributed by atoms with Gasteiger partial charge in [-0.05, 0) is 43.7 Å². The maximum absolute atomic E-state index is 4.54. The molecule has 0 saturated heterocycles. The van der Waals surface area contributed by atoms with Gasteiger partial charge in [-0.15, -0.1) is 0 Å². The molecule has 0 bridgehead atoms. The highest BCUT2D eigenvalue weighted by molar-refractivity contribution is 5.98. The zero-order valence-corrected chi connectivity index (χ0v) is 9.51. The normalized spacial score (nSPS) is 11.5. The fourth-order valence-corrected chi connectivity index (χ4v) is 1.53. The van der Waals surface area contributed by atoms with Gasteiger partial charge in [0.1, 0.15) is 0 Å². The molecule has 16 heavy (non-hydrogen) atoms. The molecular weight excluding hydrogens is 196 g/mol. The summed E-state index contributed by atoms with van der Waals surface area (Å²) in [6, 6.07) is 14.0. The first kappa shape index (κ1) is 10.6. The third-order valence-corrected chi connectivity index (χ3v) is 2.33. The van der Waals surface area contributed by atoms with Gasteiger partial charge in [0.25, 0.3) is 0 Å². The molecule has 0 saturated carbocycles. The van der Waals surface area contributed by atoms with E-state index in [-0.39, 0.29) is 0 Å². The van der Waals surface area contributed by atoms with Gasteiger partial charge in [0.2, 0.25) is 0 Å². The Labute approximate surface area is 95.7 Å². The molecule has 2 aromatic rings. The lowest BCUT2D eigenvalue weighted by molar-refractivity contribution is 1.28. The van der Waals surface area contributed by atoms with Crippen molar-refractivity contribution in [2.24, 2.45) is 4.99 Å². The number of pyridine rings is 1. The number of aryl methyl sites for hydroxylation is 1. The van der Waals surface area contributed by atoms with Crippen LogP contribution in [0.2, 0.25) is 0 Å². The molecule has 0 unspecified atom stereocenters. The second kappa shape index (κ2) is 4.71. The van der Waals surface area contributed by atoms with Crippen LogP contribution in [-0.4, -0.2) is 10.7 Å². The first-order chi connectivity index (χ1) is 7.75. The first-order valence-corrected chi connectivity index (χ1v) is 5.29. The van der Waals surface area contributed by atoms with Crippen molar-refractivity contribution in [2.45, 2.75) is 13.8 Å². The Morgan fingerprint density at radius 2 is 2.00 bits per heavy atom. The number of benzene rings is 1. The standard InChI is InChI=1S/C14H14N2/c1-11-6-5-7-13(10-11)16-12(2)14-8-3-4-9-15-14/h3-10H,1-2H3. The summed E-state index contributed by atoms with van der Waals surface area (Å²) in [6.07, 6.45) is 1.78. The molecule has 1 aromatic carbocycles. The van der Waals surface area contributed by atoms with Crippen molar-refractivity contribution in [2.75, 3.05) is 0 Å². The van der Waals surface area contributed by atoms with Crippen molar-refractivity contribution < 1.29 is 0 Å². The summed E-state index contributed by atoms with van der Waals surface area (Å²) in [5, 5.41) is 0. The summed E-state index contributed by atoms with van der Waals surface area (Å²) in [7, 11) is 0. The van der Waals surface area contributed by atoms with E-state index in [9.17, 15) is 0 Å². The minimum atomic E-state index is 0.920. The molecule has 1 heterocycles. The van der Waals surface area contributed by atoms with E-state index >= 15 is 0 Å². The van der Waals surface area contributed by atoms with Gasteiger partial charge < -0.3 is 0 Å². The second-order valence-corrected chi connectivity index (χ2v) is 3.75. The average molecular weight is 210 g/mol. The zero-order chi connectivity index (χ0) is 11.4. The highest BCUT2D eigenvalue weighted by Gasteiger charge is 1.97. The molecule has 0 aliphatic rings. The highest BCUT2D eigenvalue weighted by Crippen LogP contribution is 2.14. The van der Waals surface area contributed by atoms with E-state index in [4.69, 9.17) is 0 Å². The van der Waals surface area contributed by atoms with Crippen molar-refractivity contribution >= 4 is 11.4 Å². The van der Waals surface area contributed by atoms with Crippen molar-refractivity contribution in [3.63, 3.8) is 0 Å². The van der Waals surface area contributed by atoms with Gasteiger partial charge in [-0.3, -0.25) is 9.98 Å². The topological polar surface area (TPSA) is 25.2 Å². The highest BCUT2D eigenvalue weighted by atomic mass is 14.8. The molecule has 0 spiro atoms. The van der Waals surface area contributed by atoms with E-state index in [1.807, 2.05) is 37.3 Å². The maximum Gasteiger partial charge on any atom is 0.0841 e. The van der Waals surface area contributed by atoms with E-state index in [0.29, 0.717) is 0 Å². The van der Waals surface area contributed by atoms with Crippen LogP contribution in [-0.2, 0) is 0 Å². The molecule has 0 atom stereocenters. The predicted molar refractivity (Wildman–Crippen MR) is 67.3 cm³/mol. The van der Waals surface area contributed by atoms with Gasteiger partial charge in [0.15, 0.2) is 0 Å². The van der Waals surface area contributed by atoms with E-state index < -0.39 is 0 Å². The predicted octanol–water partition coefficient (Wildman–Crippen LogP) is 3.53. The van der Waals surface area contributed by atoms with Crippen LogP contribution in [0.15, 0.2) is 53.7 Å². The molecule has 0 fully saturated rings. The Balaban J connectivity index is 2.32. The minimum absolute atomic E-state index is 0.920. The summed E-state index contributed by atoms with van der Waals surface area (Å²) in [6.45, 7) is 4.04. The van der Waals surface area contributed by atoms with Crippen molar-refractivity contribution in [1.29, 1.82) is 0 Å². The average Bonchev–Trinajstić information content (AvgIpc) is 2.30. The third-order valence-electron chi connectivity index (χ3n) is 2.33. The molecule has 2 nitrogen and oxygen atoms in total. The van der Waals surface area contributed by atoms with Crippen LogP contribution in [0.25, 0.3) is 0 Å². The molecule has 0 aliphatic heterocycles. The van der Waals surface area contributed by atoms with Crippen molar-refractivity contribution in [3.8, 4) is 0 Å². The second-order valence-electron chi connectivity index (χ2n) is 3.75. The maximum atomic E-state index is 4.54. The first-order valence-electron chi connectivity index (χ1n) is 5.29. The number of aromatic nitrogens is 1. The smallest absolute Gasteiger partial charge is 0.0841 e. The molecule has 0 aliphatic carbocycles. The molecular formula is C14H14N2. The van der Waals surface area contributed by atoms with Gasteiger partial charge in [-0.25, -0.2) is 0 Å². The summed E-state index contributed by atoms with van der Waals surface area (Å²) in [5.41, 5.74) is 4.05. The van der Waals surface area contributed by atoms with Crippen LogP contribution in [0.4, 0.5) is 5.69 Å². The Morgan fingerprint density at radius 3 is 2.69 bits per heavy atom. The van der Waals surface area contributed by atoms with Crippen molar-refractivity contribution in [3.05, 3.63) is 59.9 Å².